The van der Waals surface area contributed by atoms with Crippen LogP contribution >= 0.6 is 0 Å². The molecular weight excluding hydrogens is 150 g/mol. The van der Waals surface area contributed by atoms with E-state index in [-0.39, 0.29) is 0 Å². The molecule has 0 amide bonds. The van der Waals surface area contributed by atoms with Crippen LogP contribution in [0.3, 0.4) is 0 Å². The Morgan fingerprint density at radius 1 is 1.42 bits per heavy atom. The van der Waals surface area contributed by atoms with Crippen LogP contribution in [0.1, 0.15) is 37.0 Å². The first-order chi connectivity index (χ1) is 5.77. The molecule has 0 fully saturated rings. The van der Waals surface area contributed by atoms with Crippen molar-refractivity contribution in [1.29, 1.82) is 0 Å². The van der Waals surface area contributed by atoms with Crippen molar-refractivity contribution in [3.05, 3.63) is 17.2 Å². The molecule has 1 aliphatic rings. The maximum atomic E-state index is 4.55. The predicted molar refractivity (Wildman–Crippen MR) is 48.1 cm³/mol. The van der Waals surface area contributed by atoms with Gasteiger partial charge < -0.3 is 10.3 Å². The summed E-state index contributed by atoms with van der Waals surface area (Å²) in [6.45, 7) is 6.35. The van der Waals surface area contributed by atoms with Gasteiger partial charge in [-0.2, -0.15) is 0 Å². The Labute approximate surface area is 72.6 Å². The highest BCUT2D eigenvalue weighted by Gasteiger charge is 2.14. The zero-order valence-electron chi connectivity index (χ0n) is 7.65. The summed E-state index contributed by atoms with van der Waals surface area (Å²) in [6, 6.07) is 0. The summed E-state index contributed by atoms with van der Waals surface area (Å²) in [4.78, 5) is 7.91. The van der Waals surface area contributed by atoms with E-state index in [1.807, 2.05) is 0 Å². The highest BCUT2D eigenvalue weighted by molar-refractivity contribution is 5.18. The minimum atomic E-state index is 0.510. The monoisotopic (exact) mass is 165 g/mol. The van der Waals surface area contributed by atoms with Gasteiger partial charge in [0, 0.05) is 25.4 Å². The van der Waals surface area contributed by atoms with Crippen LogP contribution in [0.25, 0.3) is 0 Å². The van der Waals surface area contributed by atoms with Crippen LogP contribution in [-0.4, -0.2) is 16.5 Å². The van der Waals surface area contributed by atoms with Crippen molar-refractivity contribution >= 4 is 0 Å². The SMILES string of the molecule is CC(C)c1nc2c([nH]1)CNCC2. The highest BCUT2D eigenvalue weighted by atomic mass is 15.0. The lowest BCUT2D eigenvalue weighted by Crippen LogP contribution is -2.23. The first kappa shape index (κ1) is 7.80. The van der Waals surface area contributed by atoms with E-state index < -0.39 is 0 Å². The Morgan fingerprint density at radius 2 is 2.25 bits per heavy atom. The summed E-state index contributed by atoms with van der Waals surface area (Å²) in [5.41, 5.74) is 2.54. The quantitative estimate of drug-likeness (QED) is 0.656. The fourth-order valence-corrected chi connectivity index (χ4v) is 1.51. The molecular formula is C9H15N3. The van der Waals surface area contributed by atoms with Crippen LogP contribution < -0.4 is 5.32 Å². The standard InChI is InChI=1S/C9H15N3/c1-6(2)9-11-7-3-4-10-5-8(7)12-9/h6,10H,3-5H2,1-2H3,(H,11,12). The van der Waals surface area contributed by atoms with Gasteiger partial charge in [0.05, 0.1) is 11.4 Å². The van der Waals surface area contributed by atoms with Crippen LogP contribution in [0.4, 0.5) is 0 Å². The minimum Gasteiger partial charge on any atom is -0.344 e. The van der Waals surface area contributed by atoms with Crippen molar-refractivity contribution in [3.8, 4) is 0 Å². The molecule has 1 aliphatic heterocycles. The number of nitrogens with one attached hydrogen (secondary N) is 2. The molecule has 0 aromatic carbocycles. The first-order valence-corrected chi connectivity index (χ1v) is 4.55. The molecule has 0 atom stereocenters. The van der Waals surface area contributed by atoms with Crippen molar-refractivity contribution in [2.75, 3.05) is 6.54 Å². The molecule has 0 radical (unpaired) electrons. The Morgan fingerprint density at radius 3 is 2.92 bits per heavy atom. The number of nitrogens with zero attached hydrogens (tertiary/aromatic N) is 1. The van der Waals surface area contributed by atoms with E-state index in [1.165, 1.54) is 11.4 Å². The van der Waals surface area contributed by atoms with E-state index in [4.69, 9.17) is 0 Å². The van der Waals surface area contributed by atoms with Crippen molar-refractivity contribution in [1.82, 2.24) is 15.3 Å². The number of rotatable bonds is 1. The molecule has 2 N–H and O–H groups in total. The zero-order valence-corrected chi connectivity index (χ0v) is 7.65. The molecule has 0 saturated carbocycles. The maximum absolute atomic E-state index is 4.55. The fraction of sp³-hybridized carbons (Fsp3) is 0.667. The van der Waals surface area contributed by atoms with E-state index >= 15 is 0 Å². The number of aromatic amines is 1. The molecule has 0 unspecified atom stereocenters. The van der Waals surface area contributed by atoms with Crippen LogP contribution in [0.2, 0.25) is 0 Å². The summed E-state index contributed by atoms with van der Waals surface area (Å²) in [5.74, 6) is 1.64. The number of aromatic nitrogens is 2. The van der Waals surface area contributed by atoms with E-state index in [2.05, 4.69) is 29.1 Å². The van der Waals surface area contributed by atoms with Crippen LogP contribution in [0.15, 0.2) is 0 Å². The number of H-pyrrole nitrogens is 1. The molecule has 2 heterocycles. The summed E-state index contributed by atoms with van der Waals surface area (Å²) in [7, 11) is 0. The Bertz CT molecular complexity index is 252. The van der Waals surface area contributed by atoms with Gasteiger partial charge in [-0.15, -0.1) is 0 Å². The molecule has 0 aliphatic carbocycles. The third-order valence-corrected chi connectivity index (χ3v) is 2.27. The minimum absolute atomic E-state index is 0.510. The third-order valence-electron chi connectivity index (χ3n) is 2.27. The molecule has 0 saturated heterocycles. The van der Waals surface area contributed by atoms with Gasteiger partial charge in [-0.05, 0) is 0 Å². The van der Waals surface area contributed by atoms with Crippen molar-refractivity contribution in [2.24, 2.45) is 0 Å². The second kappa shape index (κ2) is 2.90. The number of imidazole rings is 1. The molecule has 2 rings (SSSR count). The number of hydrogen-bond acceptors (Lipinski definition) is 2. The van der Waals surface area contributed by atoms with Gasteiger partial charge in [0.25, 0.3) is 0 Å². The fourth-order valence-electron chi connectivity index (χ4n) is 1.51. The highest BCUT2D eigenvalue weighted by Crippen LogP contribution is 2.16. The van der Waals surface area contributed by atoms with Gasteiger partial charge in [-0.1, -0.05) is 13.8 Å². The smallest absolute Gasteiger partial charge is 0.109 e. The van der Waals surface area contributed by atoms with Gasteiger partial charge in [0.1, 0.15) is 5.82 Å². The number of fused-ring (bicyclic) bond motifs is 1. The second-order valence-electron chi connectivity index (χ2n) is 3.63. The summed E-state index contributed by atoms with van der Waals surface area (Å²) in [6.07, 6.45) is 1.07. The molecule has 0 bridgehead atoms. The summed E-state index contributed by atoms with van der Waals surface area (Å²) < 4.78 is 0. The molecule has 3 nitrogen and oxygen atoms in total. The van der Waals surface area contributed by atoms with Gasteiger partial charge in [-0.25, -0.2) is 4.98 Å². The normalized spacial score (nSPS) is 16.6. The van der Waals surface area contributed by atoms with Gasteiger partial charge in [0.15, 0.2) is 0 Å². The summed E-state index contributed by atoms with van der Waals surface area (Å²) >= 11 is 0. The van der Waals surface area contributed by atoms with E-state index in [9.17, 15) is 0 Å². The molecule has 0 spiro atoms. The molecule has 66 valence electrons. The van der Waals surface area contributed by atoms with Crippen molar-refractivity contribution < 1.29 is 0 Å². The van der Waals surface area contributed by atoms with E-state index in [1.54, 1.807) is 0 Å². The van der Waals surface area contributed by atoms with Gasteiger partial charge in [-0.3, -0.25) is 0 Å². The third kappa shape index (κ3) is 1.25. The average Bonchev–Trinajstić information content (AvgIpc) is 2.46. The van der Waals surface area contributed by atoms with Crippen LogP contribution in [0, 0.1) is 0 Å². The number of hydrogen-bond donors (Lipinski definition) is 2. The second-order valence-corrected chi connectivity index (χ2v) is 3.63. The largest absolute Gasteiger partial charge is 0.344 e. The van der Waals surface area contributed by atoms with E-state index in [0.29, 0.717) is 5.92 Å². The van der Waals surface area contributed by atoms with E-state index in [0.717, 1.165) is 25.3 Å². The van der Waals surface area contributed by atoms with Gasteiger partial charge >= 0.3 is 0 Å². The lowest BCUT2D eigenvalue weighted by Gasteiger charge is -2.09. The maximum Gasteiger partial charge on any atom is 0.109 e. The zero-order chi connectivity index (χ0) is 8.55. The summed E-state index contributed by atoms with van der Waals surface area (Å²) in [5, 5.41) is 3.32. The predicted octanol–water partition coefficient (Wildman–Crippen LogP) is 1.18. The Hall–Kier alpha value is -0.830. The molecule has 12 heavy (non-hydrogen) atoms. The van der Waals surface area contributed by atoms with Crippen molar-refractivity contribution in [3.63, 3.8) is 0 Å². The Balaban J connectivity index is 2.32. The average molecular weight is 165 g/mol. The first-order valence-electron chi connectivity index (χ1n) is 4.55. The molecule has 1 aromatic rings. The van der Waals surface area contributed by atoms with Crippen LogP contribution in [0.5, 0.6) is 0 Å². The molecule has 3 heteroatoms. The topological polar surface area (TPSA) is 40.7 Å². The van der Waals surface area contributed by atoms with Crippen molar-refractivity contribution in [2.45, 2.75) is 32.7 Å². The lowest BCUT2D eigenvalue weighted by molar-refractivity contribution is 0.627. The lowest BCUT2D eigenvalue weighted by atomic mass is 10.2. The van der Waals surface area contributed by atoms with Crippen LogP contribution in [-0.2, 0) is 13.0 Å². The van der Waals surface area contributed by atoms with Gasteiger partial charge in [0.2, 0.25) is 0 Å². The Kier molecular flexibility index (Phi) is 1.89. The molecule has 1 aromatic heterocycles.